The molecular weight excluding hydrogens is 276 g/mol. The number of rotatable bonds is 7. The van der Waals surface area contributed by atoms with E-state index >= 15 is 0 Å². The number of amides is 1. The van der Waals surface area contributed by atoms with E-state index in [1.165, 1.54) is 19.3 Å². The smallest absolute Gasteiger partial charge is 0.219 e. The Morgan fingerprint density at radius 1 is 1.23 bits per heavy atom. The largest absolute Gasteiger partial charge is 0.490 e. The highest BCUT2D eigenvalue weighted by atomic mass is 16.5. The second-order valence-corrected chi connectivity index (χ2v) is 5.98. The Morgan fingerprint density at radius 3 is 2.50 bits per heavy atom. The van der Waals surface area contributed by atoms with Gasteiger partial charge < -0.3 is 15.0 Å². The number of likely N-dealkylation sites (tertiary alicyclic amines) is 1. The summed E-state index contributed by atoms with van der Waals surface area (Å²) in [5, 5.41) is 3.43. The molecule has 4 nitrogen and oxygen atoms in total. The number of ether oxygens (including phenoxy) is 1. The fraction of sp³-hybridized carbons (Fsp3) is 0.611. The molecule has 0 unspecified atom stereocenters. The molecular formula is C18H28N2O2. The molecule has 1 aromatic carbocycles. The molecule has 1 amide bonds. The van der Waals surface area contributed by atoms with Gasteiger partial charge in [0, 0.05) is 45.1 Å². The lowest BCUT2D eigenvalue weighted by Crippen LogP contribution is -2.40. The van der Waals surface area contributed by atoms with Gasteiger partial charge in [-0.2, -0.15) is 0 Å². The van der Waals surface area contributed by atoms with E-state index < -0.39 is 0 Å². The third-order valence-electron chi connectivity index (χ3n) is 4.15. The van der Waals surface area contributed by atoms with Crippen LogP contribution in [0.3, 0.4) is 0 Å². The zero-order chi connectivity index (χ0) is 15.8. The van der Waals surface area contributed by atoms with Gasteiger partial charge in [-0.05, 0) is 30.7 Å². The zero-order valence-electron chi connectivity index (χ0n) is 13.8. The summed E-state index contributed by atoms with van der Waals surface area (Å²) in [5.74, 6) is 1.08. The molecule has 1 heterocycles. The van der Waals surface area contributed by atoms with E-state index in [0.29, 0.717) is 0 Å². The van der Waals surface area contributed by atoms with Crippen molar-refractivity contribution in [3.63, 3.8) is 0 Å². The highest BCUT2D eigenvalue weighted by molar-refractivity contribution is 5.73. The second kappa shape index (κ2) is 8.66. The van der Waals surface area contributed by atoms with Crippen LogP contribution in [0.15, 0.2) is 24.3 Å². The van der Waals surface area contributed by atoms with Crippen LogP contribution < -0.4 is 10.1 Å². The molecule has 0 aliphatic carbocycles. The van der Waals surface area contributed by atoms with Crippen LogP contribution in [-0.4, -0.2) is 36.5 Å². The van der Waals surface area contributed by atoms with E-state index in [0.717, 1.165) is 43.9 Å². The number of carbonyl (C=O) groups excluding carboxylic acids is 1. The van der Waals surface area contributed by atoms with E-state index in [2.05, 4.69) is 24.4 Å². The van der Waals surface area contributed by atoms with Gasteiger partial charge in [-0.15, -0.1) is 0 Å². The molecule has 1 N–H and O–H groups in total. The maximum Gasteiger partial charge on any atom is 0.219 e. The molecule has 1 aliphatic rings. The molecule has 4 heteroatoms. The van der Waals surface area contributed by atoms with Gasteiger partial charge >= 0.3 is 0 Å². The molecule has 122 valence electrons. The van der Waals surface area contributed by atoms with Crippen molar-refractivity contribution in [2.24, 2.45) is 0 Å². The molecule has 0 bridgehead atoms. The van der Waals surface area contributed by atoms with Crippen molar-refractivity contribution >= 4 is 11.6 Å². The van der Waals surface area contributed by atoms with Gasteiger partial charge in [-0.25, -0.2) is 0 Å². The van der Waals surface area contributed by atoms with E-state index in [1.807, 2.05) is 17.0 Å². The number of nitrogens with one attached hydrogen (secondary N) is 1. The van der Waals surface area contributed by atoms with Crippen LogP contribution in [0.1, 0.15) is 46.0 Å². The minimum absolute atomic E-state index is 0.164. The Balaban J connectivity index is 1.73. The van der Waals surface area contributed by atoms with E-state index in [4.69, 9.17) is 4.74 Å². The molecule has 1 aliphatic heterocycles. The zero-order valence-corrected chi connectivity index (χ0v) is 13.8. The number of hydrogen-bond donors (Lipinski definition) is 1. The highest BCUT2D eigenvalue weighted by Crippen LogP contribution is 2.21. The first-order valence-electron chi connectivity index (χ1n) is 8.45. The quantitative estimate of drug-likeness (QED) is 0.781. The molecule has 2 rings (SSSR count). The van der Waals surface area contributed by atoms with Gasteiger partial charge in [0.05, 0.1) is 0 Å². The summed E-state index contributed by atoms with van der Waals surface area (Å²) in [5.41, 5.74) is 1.15. The summed E-state index contributed by atoms with van der Waals surface area (Å²) in [7, 11) is 0. The average Bonchev–Trinajstić information content (AvgIpc) is 2.54. The molecule has 0 atom stereocenters. The van der Waals surface area contributed by atoms with Crippen LogP contribution in [0.2, 0.25) is 0 Å². The van der Waals surface area contributed by atoms with Crippen molar-refractivity contribution in [2.45, 2.75) is 52.1 Å². The Hall–Kier alpha value is -1.71. The van der Waals surface area contributed by atoms with Gasteiger partial charge in [0.15, 0.2) is 0 Å². The van der Waals surface area contributed by atoms with Crippen LogP contribution in [-0.2, 0) is 4.79 Å². The number of anilines is 1. The molecule has 22 heavy (non-hydrogen) atoms. The fourth-order valence-electron chi connectivity index (χ4n) is 2.74. The van der Waals surface area contributed by atoms with Crippen LogP contribution >= 0.6 is 0 Å². The Bertz CT molecular complexity index is 451. The standard InChI is InChI=1S/C18H28N2O2/c1-3-4-5-12-19-16-6-8-17(9-7-16)22-18-10-13-20(14-11-18)15(2)21/h6-9,18-19H,3-5,10-14H2,1-2H3. The minimum Gasteiger partial charge on any atom is -0.490 e. The maximum atomic E-state index is 11.3. The van der Waals surface area contributed by atoms with Crippen molar-refractivity contribution in [3.8, 4) is 5.75 Å². The first kappa shape index (κ1) is 16.7. The van der Waals surface area contributed by atoms with Crippen LogP contribution in [0, 0.1) is 0 Å². The summed E-state index contributed by atoms with van der Waals surface area (Å²) in [6.07, 6.45) is 5.78. The summed E-state index contributed by atoms with van der Waals surface area (Å²) in [4.78, 5) is 13.2. The number of unbranched alkanes of at least 4 members (excludes halogenated alkanes) is 2. The van der Waals surface area contributed by atoms with Crippen LogP contribution in [0.5, 0.6) is 5.75 Å². The van der Waals surface area contributed by atoms with Gasteiger partial charge in [0.25, 0.3) is 0 Å². The molecule has 1 saturated heterocycles. The monoisotopic (exact) mass is 304 g/mol. The third kappa shape index (κ3) is 5.24. The number of hydrogen-bond acceptors (Lipinski definition) is 3. The lowest BCUT2D eigenvalue weighted by molar-refractivity contribution is -0.130. The molecule has 0 aromatic heterocycles. The number of piperidine rings is 1. The molecule has 0 saturated carbocycles. The van der Waals surface area contributed by atoms with Crippen molar-refractivity contribution in [2.75, 3.05) is 25.0 Å². The Labute approximate surface area is 133 Å². The number of carbonyl (C=O) groups is 1. The average molecular weight is 304 g/mol. The topological polar surface area (TPSA) is 41.6 Å². The van der Waals surface area contributed by atoms with Crippen molar-refractivity contribution in [1.29, 1.82) is 0 Å². The van der Waals surface area contributed by atoms with Crippen molar-refractivity contribution in [3.05, 3.63) is 24.3 Å². The summed E-state index contributed by atoms with van der Waals surface area (Å²) < 4.78 is 6.02. The minimum atomic E-state index is 0.164. The first-order valence-corrected chi connectivity index (χ1v) is 8.45. The van der Waals surface area contributed by atoms with Gasteiger partial charge in [0.1, 0.15) is 11.9 Å². The predicted molar refractivity (Wildman–Crippen MR) is 90.4 cm³/mol. The first-order chi connectivity index (χ1) is 10.7. The highest BCUT2D eigenvalue weighted by Gasteiger charge is 2.21. The lowest BCUT2D eigenvalue weighted by atomic mass is 10.1. The Morgan fingerprint density at radius 2 is 1.91 bits per heavy atom. The van der Waals surface area contributed by atoms with Gasteiger partial charge in [-0.1, -0.05) is 19.8 Å². The fourth-order valence-corrected chi connectivity index (χ4v) is 2.74. The van der Waals surface area contributed by atoms with Crippen molar-refractivity contribution < 1.29 is 9.53 Å². The summed E-state index contributed by atoms with van der Waals surface area (Å²) in [6.45, 7) is 6.48. The van der Waals surface area contributed by atoms with Crippen LogP contribution in [0.25, 0.3) is 0 Å². The van der Waals surface area contributed by atoms with E-state index in [9.17, 15) is 4.79 Å². The maximum absolute atomic E-state index is 11.3. The normalized spacial score (nSPS) is 15.6. The Kier molecular flexibility index (Phi) is 6.56. The predicted octanol–water partition coefficient (Wildman–Crippen LogP) is 3.68. The summed E-state index contributed by atoms with van der Waals surface area (Å²) in [6, 6.07) is 8.21. The van der Waals surface area contributed by atoms with Crippen LogP contribution in [0.4, 0.5) is 5.69 Å². The molecule has 1 aromatic rings. The van der Waals surface area contributed by atoms with E-state index in [-0.39, 0.29) is 12.0 Å². The lowest BCUT2D eigenvalue weighted by Gasteiger charge is -2.31. The SMILES string of the molecule is CCCCCNc1ccc(OC2CCN(C(C)=O)CC2)cc1. The summed E-state index contributed by atoms with van der Waals surface area (Å²) >= 11 is 0. The number of nitrogens with zero attached hydrogens (tertiary/aromatic N) is 1. The third-order valence-corrected chi connectivity index (χ3v) is 4.15. The molecule has 0 spiro atoms. The molecule has 1 fully saturated rings. The number of benzene rings is 1. The van der Waals surface area contributed by atoms with Gasteiger partial charge in [0.2, 0.25) is 5.91 Å². The second-order valence-electron chi connectivity index (χ2n) is 5.98. The molecule has 0 radical (unpaired) electrons. The van der Waals surface area contributed by atoms with E-state index in [1.54, 1.807) is 6.92 Å². The van der Waals surface area contributed by atoms with Crippen molar-refractivity contribution in [1.82, 2.24) is 4.90 Å². The van der Waals surface area contributed by atoms with Gasteiger partial charge in [-0.3, -0.25) is 4.79 Å².